The van der Waals surface area contributed by atoms with Gasteiger partial charge in [0.05, 0.1) is 0 Å². The Balaban J connectivity index is 3.05. The van der Waals surface area contributed by atoms with Crippen molar-refractivity contribution in [3.8, 4) is 0 Å². The SMILES string of the molecule is CC(C)C(Cl)C(C)c1c(F)cccc1F. The second kappa shape index (κ2) is 4.93. The number of rotatable bonds is 3. The number of alkyl halides is 1. The smallest absolute Gasteiger partial charge is 0.129 e. The Bertz CT molecular complexity index is 316. The highest BCUT2D eigenvalue weighted by Gasteiger charge is 2.24. The average molecular weight is 233 g/mol. The molecule has 0 bridgehead atoms. The van der Waals surface area contributed by atoms with Gasteiger partial charge in [0, 0.05) is 16.9 Å². The lowest BCUT2D eigenvalue weighted by Gasteiger charge is -2.22. The maximum atomic E-state index is 13.4. The van der Waals surface area contributed by atoms with Crippen LogP contribution in [-0.4, -0.2) is 5.38 Å². The van der Waals surface area contributed by atoms with Crippen molar-refractivity contribution < 1.29 is 8.78 Å². The van der Waals surface area contributed by atoms with Crippen molar-refractivity contribution in [1.29, 1.82) is 0 Å². The van der Waals surface area contributed by atoms with Gasteiger partial charge in [-0.05, 0) is 18.1 Å². The molecule has 1 aromatic carbocycles. The van der Waals surface area contributed by atoms with Gasteiger partial charge in [-0.25, -0.2) is 8.78 Å². The first kappa shape index (κ1) is 12.4. The Morgan fingerprint density at radius 3 is 1.93 bits per heavy atom. The number of benzene rings is 1. The molecule has 0 aromatic heterocycles. The maximum absolute atomic E-state index is 13.4. The summed E-state index contributed by atoms with van der Waals surface area (Å²) in [7, 11) is 0. The summed E-state index contributed by atoms with van der Waals surface area (Å²) in [6.07, 6.45) is 0. The van der Waals surface area contributed by atoms with Crippen molar-refractivity contribution in [2.45, 2.75) is 32.1 Å². The summed E-state index contributed by atoms with van der Waals surface area (Å²) in [6.45, 7) is 5.62. The van der Waals surface area contributed by atoms with E-state index in [2.05, 4.69) is 0 Å². The average Bonchev–Trinajstić information content (AvgIpc) is 2.15. The molecule has 0 aliphatic heterocycles. The van der Waals surface area contributed by atoms with Crippen molar-refractivity contribution in [2.75, 3.05) is 0 Å². The molecule has 0 heterocycles. The molecule has 0 saturated carbocycles. The van der Waals surface area contributed by atoms with Gasteiger partial charge in [0.25, 0.3) is 0 Å². The van der Waals surface area contributed by atoms with Gasteiger partial charge in [0.15, 0.2) is 0 Å². The third-order valence-corrected chi connectivity index (χ3v) is 3.45. The van der Waals surface area contributed by atoms with Gasteiger partial charge in [-0.2, -0.15) is 0 Å². The molecule has 1 aromatic rings. The van der Waals surface area contributed by atoms with Crippen LogP contribution in [0, 0.1) is 17.6 Å². The summed E-state index contributed by atoms with van der Waals surface area (Å²) in [5.74, 6) is -1.18. The molecule has 3 heteroatoms. The maximum Gasteiger partial charge on any atom is 0.129 e. The molecular formula is C12H15ClF2. The molecular weight excluding hydrogens is 218 g/mol. The monoisotopic (exact) mass is 232 g/mol. The van der Waals surface area contributed by atoms with Crippen molar-refractivity contribution in [3.63, 3.8) is 0 Å². The second-order valence-corrected chi connectivity index (χ2v) is 4.62. The van der Waals surface area contributed by atoms with E-state index in [0.717, 1.165) is 0 Å². The van der Waals surface area contributed by atoms with Gasteiger partial charge in [0.1, 0.15) is 11.6 Å². The van der Waals surface area contributed by atoms with Crippen LogP contribution in [0.5, 0.6) is 0 Å². The topological polar surface area (TPSA) is 0 Å². The van der Waals surface area contributed by atoms with Gasteiger partial charge in [-0.15, -0.1) is 11.6 Å². The standard InChI is InChI=1S/C12H15ClF2/c1-7(2)12(13)8(3)11-9(14)5-4-6-10(11)15/h4-8,12H,1-3H3. The van der Waals surface area contributed by atoms with E-state index < -0.39 is 11.6 Å². The molecule has 0 aliphatic rings. The zero-order valence-electron chi connectivity index (χ0n) is 9.10. The van der Waals surface area contributed by atoms with Crippen molar-refractivity contribution in [1.82, 2.24) is 0 Å². The molecule has 0 radical (unpaired) electrons. The summed E-state index contributed by atoms with van der Waals surface area (Å²) in [5, 5.41) is -0.267. The van der Waals surface area contributed by atoms with Crippen LogP contribution in [0.2, 0.25) is 0 Å². The van der Waals surface area contributed by atoms with Crippen LogP contribution in [0.3, 0.4) is 0 Å². The van der Waals surface area contributed by atoms with E-state index in [0.29, 0.717) is 0 Å². The fraction of sp³-hybridized carbons (Fsp3) is 0.500. The van der Waals surface area contributed by atoms with Crippen LogP contribution in [0.25, 0.3) is 0 Å². The van der Waals surface area contributed by atoms with E-state index in [9.17, 15) is 8.78 Å². The van der Waals surface area contributed by atoms with E-state index in [1.54, 1.807) is 6.92 Å². The predicted octanol–water partition coefficient (Wildman–Crippen LogP) is 4.33. The van der Waals surface area contributed by atoms with Gasteiger partial charge >= 0.3 is 0 Å². The lowest BCUT2D eigenvalue weighted by molar-refractivity contribution is 0.481. The van der Waals surface area contributed by atoms with Crippen molar-refractivity contribution in [3.05, 3.63) is 35.4 Å². The van der Waals surface area contributed by atoms with Crippen LogP contribution in [0.1, 0.15) is 32.3 Å². The van der Waals surface area contributed by atoms with Gasteiger partial charge in [-0.3, -0.25) is 0 Å². The predicted molar refractivity (Wildman–Crippen MR) is 59.3 cm³/mol. The number of hydrogen-bond acceptors (Lipinski definition) is 0. The summed E-state index contributed by atoms with van der Waals surface area (Å²) in [4.78, 5) is 0. The third kappa shape index (κ3) is 2.69. The van der Waals surface area contributed by atoms with E-state index in [-0.39, 0.29) is 22.8 Å². The van der Waals surface area contributed by atoms with Crippen LogP contribution in [0.4, 0.5) is 8.78 Å². The van der Waals surface area contributed by atoms with E-state index in [1.807, 2.05) is 13.8 Å². The molecule has 2 unspecified atom stereocenters. The number of halogens is 3. The van der Waals surface area contributed by atoms with Gasteiger partial charge < -0.3 is 0 Å². The molecule has 0 aliphatic carbocycles. The van der Waals surface area contributed by atoms with Crippen LogP contribution >= 0.6 is 11.6 Å². The Hall–Kier alpha value is -0.630. The van der Waals surface area contributed by atoms with E-state index in [1.165, 1.54) is 18.2 Å². The first-order valence-electron chi connectivity index (χ1n) is 5.03. The Labute approximate surface area is 94.3 Å². The minimum Gasteiger partial charge on any atom is -0.207 e. The highest BCUT2D eigenvalue weighted by atomic mass is 35.5. The van der Waals surface area contributed by atoms with Gasteiger partial charge in [-0.1, -0.05) is 26.8 Å². The molecule has 0 nitrogen and oxygen atoms in total. The molecule has 0 N–H and O–H groups in total. The molecule has 0 saturated heterocycles. The molecule has 15 heavy (non-hydrogen) atoms. The van der Waals surface area contributed by atoms with E-state index >= 15 is 0 Å². The summed E-state index contributed by atoms with van der Waals surface area (Å²) in [5.41, 5.74) is 0.0891. The molecule has 84 valence electrons. The summed E-state index contributed by atoms with van der Waals surface area (Å²) < 4.78 is 26.9. The molecule has 0 fully saturated rings. The summed E-state index contributed by atoms with van der Waals surface area (Å²) in [6, 6.07) is 3.89. The van der Waals surface area contributed by atoms with Crippen LogP contribution in [0.15, 0.2) is 18.2 Å². The largest absolute Gasteiger partial charge is 0.207 e. The Morgan fingerprint density at radius 1 is 1.07 bits per heavy atom. The molecule has 2 atom stereocenters. The molecule has 0 amide bonds. The van der Waals surface area contributed by atoms with E-state index in [4.69, 9.17) is 11.6 Å². The van der Waals surface area contributed by atoms with Crippen molar-refractivity contribution in [2.24, 2.45) is 5.92 Å². The molecule has 1 rings (SSSR count). The first-order valence-corrected chi connectivity index (χ1v) is 5.46. The highest BCUT2D eigenvalue weighted by molar-refractivity contribution is 6.21. The van der Waals surface area contributed by atoms with Crippen molar-refractivity contribution >= 4 is 11.6 Å². The lowest BCUT2D eigenvalue weighted by Crippen LogP contribution is -2.18. The quantitative estimate of drug-likeness (QED) is 0.681. The Morgan fingerprint density at radius 2 is 1.53 bits per heavy atom. The highest BCUT2D eigenvalue weighted by Crippen LogP contribution is 2.31. The Kier molecular flexibility index (Phi) is 4.09. The molecule has 0 spiro atoms. The normalized spacial score (nSPS) is 15.4. The fourth-order valence-corrected chi connectivity index (χ4v) is 1.81. The number of hydrogen-bond donors (Lipinski definition) is 0. The minimum absolute atomic E-state index is 0.0891. The minimum atomic E-state index is -0.520. The first-order chi connectivity index (χ1) is 6.95. The fourth-order valence-electron chi connectivity index (χ4n) is 1.68. The van der Waals surface area contributed by atoms with Crippen LogP contribution < -0.4 is 0 Å². The van der Waals surface area contributed by atoms with Crippen LogP contribution in [-0.2, 0) is 0 Å². The zero-order valence-corrected chi connectivity index (χ0v) is 9.85. The third-order valence-electron chi connectivity index (χ3n) is 2.57. The second-order valence-electron chi connectivity index (χ2n) is 4.11. The summed E-state index contributed by atoms with van der Waals surface area (Å²) >= 11 is 6.11. The van der Waals surface area contributed by atoms with Gasteiger partial charge in [0.2, 0.25) is 0 Å². The zero-order chi connectivity index (χ0) is 11.6. The lowest BCUT2D eigenvalue weighted by atomic mass is 9.90.